The largest absolute Gasteiger partial charge is 0.525 e. The fourth-order valence-corrected chi connectivity index (χ4v) is 4.13. The molecule has 1 amide bonds. The summed E-state index contributed by atoms with van der Waals surface area (Å²) in [5.41, 5.74) is 4.71. The molecule has 0 unspecified atom stereocenters. The Morgan fingerprint density at radius 3 is 2.26 bits per heavy atom. The maximum absolute atomic E-state index is 15.0. The SMILES string of the molecule is CC(=C(F)B1OC(C)(C)C(C)(C)O1)c1ccc(C(=O)N2CCC(N)CC2)s1. The summed E-state index contributed by atoms with van der Waals surface area (Å²) < 4.78 is 26.6. The van der Waals surface area contributed by atoms with E-state index < -0.39 is 24.0 Å². The fraction of sp³-hybridized carbons (Fsp3) is 0.632. The first-order valence-electron chi connectivity index (χ1n) is 9.39. The molecule has 2 saturated heterocycles. The van der Waals surface area contributed by atoms with Gasteiger partial charge in [-0.2, -0.15) is 0 Å². The van der Waals surface area contributed by atoms with E-state index in [-0.39, 0.29) is 11.9 Å². The van der Waals surface area contributed by atoms with E-state index in [1.807, 2.05) is 32.6 Å². The minimum Gasteiger partial charge on any atom is -0.398 e. The Bertz CT molecular complexity index is 738. The Hall–Kier alpha value is -1.22. The molecule has 0 atom stereocenters. The van der Waals surface area contributed by atoms with E-state index >= 15 is 4.39 Å². The number of piperidine rings is 1. The van der Waals surface area contributed by atoms with Crippen LogP contribution in [0.5, 0.6) is 0 Å². The lowest BCUT2D eigenvalue weighted by atomic mass is 9.84. The predicted molar refractivity (Wildman–Crippen MR) is 107 cm³/mol. The van der Waals surface area contributed by atoms with Gasteiger partial charge in [-0.15, -0.1) is 11.3 Å². The van der Waals surface area contributed by atoms with E-state index in [0.717, 1.165) is 12.8 Å². The molecular formula is C19H28BFN2O3S. The average Bonchev–Trinajstić information content (AvgIpc) is 3.16. The van der Waals surface area contributed by atoms with Crippen LogP contribution in [0.2, 0.25) is 0 Å². The first-order valence-corrected chi connectivity index (χ1v) is 10.2. The highest BCUT2D eigenvalue weighted by Crippen LogP contribution is 2.40. The Balaban J connectivity index is 1.75. The van der Waals surface area contributed by atoms with Gasteiger partial charge in [0.2, 0.25) is 0 Å². The zero-order valence-electron chi connectivity index (χ0n) is 16.7. The Kier molecular flexibility index (Phi) is 5.56. The van der Waals surface area contributed by atoms with Gasteiger partial charge in [0.05, 0.1) is 16.1 Å². The second-order valence-electron chi connectivity index (χ2n) is 8.35. The predicted octanol–water partition coefficient (Wildman–Crippen LogP) is 3.64. The number of nitrogens with two attached hydrogens (primary N) is 1. The van der Waals surface area contributed by atoms with E-state index in [0.29, 0.717) is 28.4 Å². The summed E-state index contributed by atoms with van der Waals surface area (Å²) >= 11 is 1.30. The zero-order valence-corrected chi connectivity index (χ0v) is 17.5. The van der Waals surface area contributed by atoms with Gasteiger partial charge in [0, 0.05) is 24.0 Å². The number of rotatable bonds is 3. The van der Waals surface area contributed by atoms with Crippen molar-refractivity contribution >= 4 is 29.9 Å². The minimum absolute atomic E-state index is 0.0120. The number of carbonyl (C=O) groups is 1. The van der Waals surface area contributed by atoms with Gasteiger partial charge in [-0.1, -0.05) is 0 Å². The normalized spacial score (nSPS) is 23.5. The lowest BCUT2D eigenvalue weighted by molar-refractivity contribution is 0.00578. The molecule has 0 bridgehead atoms. The topological polar surface area (TPSA) is 64.8 Å². The Morgan fingerprint density at radius 2 is 1.70 bits per heavy atom. The third kappa shape index (κ3) is 3.99. The summed E-state index contributed by atoms with van der Waals surface area (Å²) in [5, 5.41) is 0. The number of amides is 1. The molecule has 0 aliphatic carbocycles. The molecule has 0 radical (unpaired) electrons. The number of thiophene rings is 1. The molecule has 5 nitrogen and oxygen atoms in total. The number of halogens is 1. The van der Waals surface area contributed by atoms with E-state index in [1.54, 1.807) is 19.1 Å². The van der Waals surface area contributed by atoms with Crippen molar-refractivity contribution in [1.82, 2.24) is 4.90 Å². The van der Waals surface area contributed by atoms with Crippen molar-refractivity contribution in [3.63, 3.8) is 0 Å². The second kappa shape index (κ2) is 7.31. The van der Waals surface area contributed by atoms with E-state index in [1.165, 1.54) is 11.3 Å². The monoisotopic (exact) mass is 394 g/mol. The first-order chi connectivity index (χ1) is 12.5. The summed E-state index contributed by atoms with van der Waals surface area (Å²) in [6.45, 7) is 10.6. The molecule has 0 aromatic carbocycles. The van der Waals surface area contributed by atoms with E-state index in [2.05, 4.69) is 0 Å². The molecule has 2 aliphatic rings. The molecule has 27 heavy (non-hydrogen) atoms. The molecule has 1 aromatic rings. The molecule has 8 heteroatoms. The van der Waals surface area contributed by atoms with Gasteiger partial charge < -0.3 is 19.9 Å². The highest BCUT2D eigenvalue weighted by Gasteiger charge is 2.53. The lowest BCUT2D eigenvalue weighted by Crippen LogP contribution is -2.42. The molecule has 0 saturated carbocycles. The van der Waals surface area contributed by atoms with Crippen LogP contribution in [-0.4, -0.2) is 48.3 Å². The second-order valence-corrected chi connectivity index (χ2v) is 9.44. The average molecular weight is 394 g/mol. The van der Waals surface area contributed by atoms with Crippen LogP contribution in [-0.2, 0) is 9.31 Å². The summed E-state index contributed by atoms with van der Waals surface area (Å²) in [6.07, 6.45) is 1.64. The fourth-order valence-electron chi connectivity index (χ4n) is 3.15. The van der Waals surface area contributed by atoms with Crippen LogP contribution < -0.4 is 5.73 Å². The van der Waals surface area contributed by atoms with Crippen molar-refractivity contribution in [2.24, 2.45) is 5.73 Å². The van der Waals surface area contributed by atoms with E-state index in [4.69, 9.17) is 15.0 Å². The molecular weight excluding hydrogens is 366 g/mol. The van der Waals surface area contributed by atoms with Crippen molar-refractivity contribution < 1.29 is 18.5 Å². The van der Waals surface area contributed by atoms with Gasteiger partial charge in [0.25, 0.3) is 5.91 Å². The quantitative estimate of drug-likeness (QED) is 0.795. The molecule has 2 fully saturated rings. The number of hydrogen-bond acceptors (Lipinski definition) is 5. The first kappa shape index (κ1) is 20.5. The Labute approximate surface area is 164 Å². The number of nitrogens with zero attached hydrogens (tertiary/aromatic N) is 1. The van der Waals surface area contributed by atoms with Gasteiger partial charge >= 0.3 is 7.12 Å². The van der Waals surface area contributed by atoms with Crippen molar-refractivity contribution in [2.75, 3.05) is 13.1 Å². The molecule has 148 valence electrons. The Morgan fingerprint density at radius 1 is 1.19 bits per heavy atom. The van der Waals surface area contributed by atoms with Crippen LogP contribution in [0.4, 0.5) is 4.39 Å². The van der Waals surface area contributed by atoms with Gasteiger partial charge in [-0.3, -0.25) is 4.79 Å². The van der Waals surface area contributed by atoms with Crippen molar-refractivity contribution in [2.45, 2.75) is 64.7 Å². The van der Waals surface area contributed by atoms with Crippen LogP contribution >= 0.6 is 11.3 Å². The van der Waals surface area contributed by atoms with Gasteiger partial charge in [0.1, 0.15) is 5.73 Å². The minimum atomic E-state index is -1.03. The molecule has 2 N–H and O–H groups in total. The van der Waals surface area contributed by atoms with Crippen LogP contribution in [0, 0.1) is 0 Å². The molecule has 0 spiro atoms. The zero-order chi connectivity index (χ0) is 20.0. The maximum atomic E-state index is 15.0. The summed E-state index contributed by atoms with van der Waals surface area (Å²) in [5.74, 6) is -0.0120. The van der Waals surface area contributed by atoms with Crippen molar-refractivity contribution in [3.05, 3.63) is 27.6 Å². The molecule has 1 aromatic heterocycles. The van der Waals surface area contributed by atoms with Gasteiger partial charge in [-0.25, -0.2) is 4.39 Å². The molecule has 3 rings (SSSR count). The van der Waals surface area contributed by atoms with Crippen LogP contribution in [0.15, 0.2) is 17.9 Å². The lowest BCUT2D eigenvalue weighted by Gasteiger charge is -2.32. The summed E-state index contributed by atoms with van der Waals surface area (Å²) in [7, 11) is -1.03. The van der Waals surface area contributed by atoms with Crippen LogP contribution in [0.1, 0.15) is 62.0 Å². The third-order valence-corrected chi connectivity index (χ3v) is 7.02. The van der Waals surface area contributed by atoms with Gasteiger partial charge in [-0.05, 0) is 65.2 Å². The smallest absolute Gasteiger partial charge is 0.398 e. The van der Waals surface area contributed by atoms with Crippen LogP contribution in [0.3, 0.4) is 0 Å². The molecule has 3 heterocycles. The van der Waals surface area contributed by atoms with Crippen molar-refractivity contribution in [1.29, 1.82) is 0 Å². The summed E-state index contributed by atoms with van der Waals surface area (Å²) in [4.78, 5) is 15.8. The molecule has 2 aliphatic heterocycles. The standard InChI is InChI=1S/C19H28BFN2O3S/c1-12(16(21)20-25-18(2,3)19(4,5)26-20)14-6-7-15(27-14)17(24)23-10-8-13(22)9-11-23/h6-7,13H,8-11,22H2,1-5H3. The number of hydrogen-bond donors (Lipinski definition) is 1. The highest BCUT2D eigenvalue weighted by molar-refractivity contribution is 7.15. The third-order valence-electron chi connectivity index (χ3n) is 5.83. The highest BCUT2D eigenvalue weighted by atomic mass is 32.1. The van der Waals surface area contributed by atoms with E-state index in [9.17, 15) is 4.79 Å². The van der Waals surface area contributed by atoms with Crippen LogP contribution in [0.25, 0.3) is 5.57 Å². The maximum Gasteiger partial charge on any atom is 0.525 e. The number of carbonyl (C=O) groups excluding carboxylic acids is 1. The van der Waals surface area contributed by atoms with Crippen molar-refractivity contribution in [3.8, 4) is 0 Å². The van der Waals surface area contributed by atoms with Gasteiger partial charge in [0.15, 0.2) is 0 Å². The number of likely N-dealkylation sites (tertiary alicyclic amines) is 1. The summed E-state index contributed by atoms with van der Waals surface area (Å²) in [6, 6.07) is 3.72. The number of allylic oxidation sites excluding steroid dienone is 1.